The zero-order chi connectivity index (χ0) is 16.0. The van der Waals surface area contributed by atoms with E-state index in [2.05, 4.69) is 39.6 Å². The van der Waals surface area contributed by atoms with Crippen molar-refractivity contribution in [2.45, 2.75) is 52.6 Å². The maximum Gasteiger partial charge on any atom is 0.127 e. The molecule has 0 unspecified atom stereocenters. The van der Waals surface area contributed by atoms with Gasteiger partial charge in [0, 0.05) is 24.2 Å². The third-order valence-electron chi connectivity index (χ3n) is 4.13. The molecule has 0 fully saturated rings. The highest BCUT2D eigenvalue weighted by Crippen LogP contribution is 2.31. The average molecular weight is 294 g/mol. The molecule has 0 aromatic heterocycles. The van der Waals surface area contributed by atoms with Gasteiger partial charge in [-0.25, -0.2) is 4.39 Å². The summed E-state index contributed by atoms with van der Waals surface area (Å²) in [5.74, 6) is 0.995. The summed E-state index contributed by atoms with van der Waals surface area (Å²) in [6, 6.07) is 7.01. The van der Waals surface area contributed by atoms with Crippen LogP contribution in [0.2, 0.25) is 0 Å². The van der Waals surface area contributed by atoms with Crippen LogP contribution in [-0.4, -0.2) is 24.0 Å². The molecule has 0 aliphatic carbocycles. The van der Waals surface area contributed by atoms with Crippen LogP contribution in [0.4, 0.5) is 4.39 Å². The molecule has 21 heavy (non-hydrogen) atoms. The molecule has 2 N–H and O–H groups in total. The van der Waals surface area contributed by atoms with Gasteiger partial charge in [-0.1, -0.05) is 45.9 Å². The van der Waals surface area contributed by atoms with Crippen LogP contribution in [0.5, 0.6) is 0 Å². The number of halogens is 1. The van der Waals surface area contributed by atoms with Crippen LogP contribution < -0.4 is 5.73 Å². The molecule has 0 amide bonds. The van der Waals surface area contributed by atoms with E-state index in [0.29, 0.717) is 24.9 Å². The molecule has 0 saturated carbocycles. The molecule has 0 atom stereocenters. The van der Waals surface area contributed by atoms with Crippen molar-refractivity contribution in [3.8, 4) is 0 Å². The molecule has 2 nitrogen and oxygen atoms in total. The molecule has 0 bridgehead atoms. The number of benzene rings is 1. The van der Waals surface area contributed by atoms with Crippen LogP contribution in [0.15, 0.2) is 24.3 Å². The Bertz CT molecular complexity index is 419. The summed E-state index contributed by atoms with van der Waals surface area (Å²) in [6.07, 6.45) is 2.07. The molecule has 0 saturated heterocycles. The van der Waals surface area contributed by atoms with E-state index in [-0.39, 0.29) is 11.4 Å². The summed E-state index contributed by atoms with van der Waals surface area (Å²) >= 11 is 0. The average Bonchev–Trinajstić information content (AvgIpc) is 2.39. The second kappa shape index (κ2) is 7.90. The molecule has 0 heterocycles. The molecular weight excluding hydrogens is 263 g/mol. The molecule has 0 aliphatic heterocycles. The lowest BCUT2D eigenvalue weighted by molar-refractivity contribution is 0.0704. The smallest absolute Gasteiger partial charge is 0.127 e. The van der Waals surface area contributed by atoms with Crippen molar-refractivity contribution in [3.05, 3.63) is 35.6 Å². The summed E-state index contributed by atoms with van der Waals surface area (Å²) in [6.45, 7) is 10.1. The first kappa shape index (κ1) is 18.1. The highest BCUT2D eigenvalue weighted by atomic mass is 19.1. The van der Waals surface area contributed by atoms with Gasteiger partial charge in [0.15, 0.2) is 0 Å². The van der Waals surface area contributed by atoms with Crippen molar-refractivity contribution in [2.24, 2.45) is 17.6 Å². The van der Waals surface area contributed by atoms with Gasteiger partial charge in [0.05, 0.1) is 0 Å². The molecule has 3 heteroatoms. The van der Waals surface area contributed by atoms with E-state index in [1.165, 1.54) is 6.07 Å². The van der Waals surface area contributed by atoms with E-state index < -0.39 is 0 Å². The summed E-state index contributed by atoms with van der Waals surface area (Å²) in [5.41, 5.74) is 6.84. The number of nitrogens with two attached hydrogens (primary N) is 1. The second-order valence-electron chi connectivity index (χ2n) is 7.07. The predicted octanol–water partition coefficient (Wildman–Crippen LogP) is 4.05. The standard InChI is InChI=1S/C18H31FN2/c1-14(2)10-18(13-20,11-15(3)4)21(5)12-16-8-6-7-9-17(16)19/h6-9,14-15H,10-13,20H2,1-5H3. The quantitative estimate of drug-likeness (QED) is 0.784. The van der Waals surface area contributed by atoms with Gasteiger partial charge < -0.3 is 5.73 Å². The van der Waals surface area contributed by atoms with E-state index in [9.17, 15) is 4.39 Å². The third-order valence-corrected chi connectivity index (χ3v) is 4.13. The van der Waals surface area contributed by atoms with Crippen molar-refractivity contribution >= 4 is 0 Å². The lowest BCUT2D eigenvalue weighted by Gasteiger charge is -2.44. The Morgan fingerprint density at radius 1 is 1.10 bits per heavy atom. The molecular formula is C18H31FN2. The molecule has 1 aromatic carbocycles. The summed E-state index contributed by atoms with van der Waals surface area (Å²) in [7, 11) is 2.07. The molecule has 120 valence electrons. The zero-order valence-corrected chi connectivity index (χ0v) is 14.2. The molecule has 1 aromatic rings. The second-order valence-corrected chi connectivity index (χ2v) is 7.07. The molecule has 0 aliphatic rings. The first-order chi connectivity index (χ1) is 9.80. The minimum atomic E-state index is -0.135. The number of nitrogens with zero attached hydrogens (tertiary/aromatic N) is 1. The van der Waals surface area contributed by atoms with Crippen molar-refractivity contribution in [1.29, 1.82) is 0 Å². The highest BCUT2D eigenvalue weighted by Gasteiger charge is 2.34. The maximum atomic E-state index is 13.9. The van der Waals surface area contributed by atoms with E-state index in [1.54, 1.807) is 6.07 Å². The van der Waals surface area contributed by atoms with E-state index in [1.807, 2.05) is 12.1 Å². The van der Waals surface area contributed by atoms with Crippen molar-refractivity contribution < 1.29 is 4.39 Å². The fourth-order valence-corrected chi connectivity index (χ4v) is 3.29. The zero-order valence-electron chi connectivity index (χ0n) is 14.2. The molecule has 0 radical (unpaired) electrons. The van der Waals surface area contributed by atoms with Crippen molar-refractivity contribution in [3.63, 3.8) is 0 Å². The predicted molar refractivity (Wildman–Crippen MR) is 88.6 cm³/mol. The van der Waals surface area contributed by atoms with Gasteiger partial charge in [-0.3, -0.25) is 4.90 Å². The van der Waals surface area contributed by atoms with Crippen LogP contribution >= 0.6 is 0 Å². The number of likely N-dealkylation sites (N-methyl/N-ethyl adjacent to an activating group) is 1. The minimum absolute atomic E-state index is 0.0649. The van der Waals surface area contributed by atoms with E-state index in [4.69, 9.17) is 5.73 Å². The lowest BCUT2D eigenvalue weighted by atomic mass is 9.80. The Balaban J connectivity index is 2.98. The largest absolute Gasteiger partial charge is 0.329 e. The Morgan fingerprint density at radius 3 is 2.05 bits per heavy atom. The van der Waals surface area contributed by atoms with Crippen LogP contribution in [0, 0.1) is 17.7 Å². The highest BCUT2D eigenvalue weighted by molar-refractivity contribution is 5.17. The molecule has 0 spiro atoms. The fourth-order valence-electron chi connectivity index (χ4n) is 3.29. The molecule has 1 rings (SSSR count). The van der Waals surface area contributed by atoms with Gasteiger partial charge in [-0.05, 0) is 37.8 Å². The van der Waals surface area contributed by atoms with Gasteiger partial charge in [0.2, 0.25) is 0 Å². The van der Waals surface area contributed by atoms with Gasteiger partial charge >= 0.3 is 0 Å². The van der Waals surface area contributed by atoms with Gasteiger partial charge in [0.25, 0.3) is 0 Å². The van der Waals surface area contributed by atoms with Gasteiger partial charge in [-0.2, -0.15) is 0 Å². The summed E-state index contributed by atoms with van der Waals surface area (Å²) in [4.78, 5) is 2.26. The normalized spacial score (nSPS) is 12.7. The Morgan fingerprint density at radius 2 is 1.62 bits per heavy atom. The summed E-state index contributed by atoms with van der Waals surface area (Å²) < 4.78 is 13.9. The third kappa shape index (κ3) is 5.08. The first-order valence-corrected chi connectivity index (χ1v) is 7.95. The fraction of sp³-hybridized carbons (Fsp3) is 0.667. The van der Waals surface area contributed by atoms with Gasteiger partial charge in [-0.15, -0.1) is 0 Å². The Hall–Kier alpha value is -0.930. The van der Waals surface area contributed by atoms with E-state index in [0.717, 1.165) is 18.4 Å². The SMILES string of the molecule is CC(C)CC(CN)(CC(C)C)N(C)Cc1ccccc1F. The van der Waals surface area contributed by atoms with Gasteiger partial charge in [0.1, 0.15) is 5.82 Å². The van der Waals surface area contributed by atoms with E-state index >= 15 is 0 Å². The topological polar surface area (TPSA) is 29.3 Å². The minimum Gasteiger partial charge on any atom is -0.329 e. The maximum absolute atomic E-state index is 13.9. The Kier molecular flexibility index (Phi) is 6.82. The number of hydrogen-bond acceptors (Lipinski definition) is 2. The number of hydrogen-bond donors (Lipinski definition) is 1. The summed E-state index contributed by atoms with van der Waals surface area (Å²) in [5, 5.41) is 0. The van der Waals surface area contributed by atoms with Crippen molar-refractivity contribution in [1.82, 2.24) is 4.90 Å². The Labute approximate surface area is 129 Å². The van der Waals surface area contributed by atoms with Crippen LogP contribution in [-0.2, 0) is 6.54 Å². The number of rotatable bonds is 8. The van der Waals surface area contributed by atoms with Crippen LogP contribution in [0.3, 0.4) is 0 Å². The van der Waals surface area contributed by atoms with Crippen molar-refractivity contribution in [2.75, 3.05) is 13.6 Å². The lowest BCUT2D eigenvalue weighted by Crippen LogP contribution is -2.53. The van der Waals surface area contributed by atoms with Crippen LogP contribution in [0.25, 0.3) is 0 Å². The monoisotopic (exact) mass is 294 g/mol. The first-order valence-electron chi connectivity index (χ1n) is 7.95. The van der Waals surface area contributed by atoms with Crippen LogP contribution in [0.1, 0.15) is 46.1 Å².